The second-order valence-electron chi connectivity index (χ2n) is 2.85. The van der Waals surface area contributed by atoms with Crippen LogP contribution in [-0.2, 0) is 4.79 Å². The molecule has 0 radical (unpaired) electrons. The summed E-state index contributed by atoms with van der Waals surface area (Å²) in [7, 11) is 0. The van der Waals surface area contributed by atoms with Crippen LogP contribution in [-0.4, -0.2) is 29.0 Å². The Kier molecular flexibility index (Phi) is 4.57. The summed E-state index contributed by atoms with van der Waals surface area (Å²) in [5.74, 6) is -0.0757. The quantitative estimate of drug-likeness (QED) is 0.666. The first-order valence-electron chi connectivity index (χ1n) is 4.58. The summed E-state index contributed by atoms with van der Waals surface area (Å²) in [6.45, 7) is 3.22. The first-order chi connectivity index (χ1) is 6.83. The summed E-state index contributed by atoms with van der Waals surface area (Å²) in [4.78, 5) is 18.8. The van der Waals surface area contributed by atoms with Gasteiger partial charge in [-0.3, -0.25) is 4.79 Å². The van der Waals surface area contributed by atoms with E-state index in [1.54, 1.807) is 12.4 Å². The third-order valence-electron chi connectivity index (χ3n) is 1.56. The van der Waals surface area contributed by atoms with Gasteiger partial charge in [-0.2, -0.15) is 0 Å². The number of carbonyl (C=O) groups excluding carboxylic acids is 1. The molecule has 1 aromatic rings. The maximum Gasteiger partial charge on any atom is 0.238 e. The van der Waals surface area contributed by atoms with Gasteiger partial charge in [0.05, 0.1) is 24.6 Å². The van der Waals surface area contributed by atoms with Crippen molar-refractivity contribution in [3.05, 3.63) is 18.7 Å². The van der Waals surface area contributed by atoms with Crippen molar-refractivity contribution in [3.8, 4) is 0 Å². The maximum absolute atomic E-state index is 11.3. The van der Waals surface area contributed by atoms with E-state index in [9.17, 15) is 4.79 Å². The Morgan fingerprint density at radius 2 is 2.14 bits per heavy atom. The van der Waals surface area contributed by atoms with Crippen LogP contribution < -0.4 is 10.6 Å². The monoisotopic (exact) mass is 194 g/mol. The van der Waals surface area contributed by atoms with Crippen molar-refractivity contribution >= 4 is 11.6 Å². The van der Waals surface area contributed by atoms with Gasteiger partial charge < -0.3 is 10.6 Å². The van der Waals surface area contributed by atoms with Crippen molar-refractivity contribution in [2.45, 2.75) is 13.3 Å². The van der Waals surface area contributed by atoms with Gasteiger partial charge in [0.1, 0.15) is 6.33 Å². The average Bonchev–Trinajstić information content (AvgIpc) is 2.20. The third-order valence-corrected chi connectivity index (χ3v) is 1.56. The highest BCUT2D eigenvalue weighted by Gasteiger charge is 2.00. The molecule has 0 aliphatic heterocycles. The molecule has 0 fully saturated rings. The molecule has 1 heterocycles. The van der Waals surface area contributed by atoms with Gasteiger partial charge >= 0.3 is 0 Å². The molecule has 0 aliphatic carbocycles. The number of hydrogen-bond acceptors (Lipinski definition) is 4. The summed E-state index contributed by atoms with van der Waals surface area (Å²) in [6.07, 6.45) is 5.56. The summed E-state index contributed by atoms with van der Waals surface area (Å²) in [5, 5.41) is 5.68. The number of nitrogens with zero attached hydrogens (tertiary/aromatic N) is 2. The lowest BCUT2D eigenvalue weighted by Gasteiger charge is -2.04. The normalized spacial score (nSPS) is 9.79. The molecule has 2 N–H and O–H groups in total. The molecule has 0 spiro atoms. The van der Waals surface area contributed by atoms with Gasteiger partial charge in [-0.15, -0.1) is 0 Å². The Labute approximate surface area is 83.0 Å². The van der Waals surface area contributed by atoms with Crippen LogP contribution in [0.2, 0.25) is 0 Å². The fourth-order valence-electron chi connectivity index (χ4n) is 0.948. The second kappa shape index (κ2) is 6.04. The lowest BCUT2D eigenvalue weighted by Crippen LogP contribution is -2.28. The lowest BCUT2D eigenvalue weighted by atomic mass is 10.4. The Bertz CT molecular complexity index is 275. The summed E-state index contributed by atoms with van der Waals surface area (Å²) in [5.41, 5.74) is 0.621. The van der Waals surface area contributed by atoms with Crippen LogP contribution >= 0.6 is 0 Å². The Balaban J connectivity index is 2.27. The van der Waals surface area contributed by atoms with Gasteiger partial charge in [0, 0.05) is 0 Å². The highest BCUT2D eigenvalue weighted by molar-refractivity contribution is 5.91. The largest absolute Gasteiger partial charge is 0.322 e. The van der Waals surface area contributed by atoms with Crippen molar-refractivity contribution in [2.75, 3.05) is 18.4 Å². The molecule has 0 saturated heterocycles. The minimum atomic E-state index is -0.0757. The van der Waals surface area contributed by atoms with Gasteiger partial charge in [-0.1, -0.05) is 6.92 Å². The molecule has 0 saturated carbocycles. The van der Waals surface area contributed by atoms with Gasteiger partial charge in [0.25, 0.3) is 0 Å². The molecule has 0 atom stereocenters. The van der Waals surface area contributed by atoms with Crippen molar-refractivity contribution < 1.29 is 4.79 Å². The molecular formula is C9H14N4O. The van der Waals surface area contributed by atoms with E-state index in [1.807, 2.05) is 0 Å². The number of nitrogens with one attached hydrogen (secondary N) is 2. The maximum atomic E-state index is 11.3. The molecule has 0 aromatic carbocycles. The smallest absolute Gasteiger partial charge is 0.238 e. The third kappa shape index (κ3) is 3.95. The summed E-state index contributed by atoms with van der Waals surface area (Å²) in [6, 6.07) is 0. The highest BCUT2D eigenvalue weighted by Crippen LogP contribution is 1.98. The van der Waals surface area contributed by atoms with Crippen LogP contribution in [0.3, 0.4) is 0 Å². The van der Waals surface area contributed by atoms with E-state index in [4.69, 9.17) is 0 Å². The fourth-order valence-corrected chi connectivity index (χ4v) is 0.948. The summed E-state index contributed by atoms with van der Waals surface area (Å²) >= 11 is 0. The zero-order valence-corrected chi connectivity index (χ0v) is 8.16. The van der Waals surface area contributed by atoms with Crippen molar-refractivity contribution in [3.63, 3.8) is 0 Å². The molecule has 0 unspecified atom stereocenters. The molecule has 0 bridgehead atoms. The fraction of sp³-hybridized carbons (Fsp3) is 0.444. The average molecular weight is 194 g/mol. The molecule has 1 amide bonds. The summed E-state index contributed by atoms with van der Waals surface area (Å²) < 4.78 is 0. The minimum absolute atomic E-state index is 0.0757. The van der Waals surface area contributed by atoms with Gasteiger partial charge in [-0.05, 0) is 13.0 Å². The molecule has 0 aliphatic rings. The molecule has 1 aromatic heterocycles. The lowest BCUT2D eigenvalue weighted by molar-refractivity contribution is -0.115. The van der Waals surface area contributed by atoms with Crippen LogP contribution in [0.25, 0.3) is 0 Å². The zero-order chi connectivity index (χ0) is 10.2. The van der Waals surface area contributed by atoms with Crippen LogP contribution in [0.5, 0.6) is 0 Å². The van der Waals surface area contributed by atoms with Gasteiger partial charge in [0.2, 0.25) is 5.91 Å². The Morgan fingerprint density at radius 1 is 1.43 bits per heavy atom. The Morgan fingerprint density at radius 3 is 2.79 bits per heavy atom. The number of hydrogen-bond donors (Lipinski definition) is 2. The topological polar surface area (TPSA) is 66.9 Å². The second-order valence-corrected chi connectivity index (χ2v) is 2.85. The molecule has 1 rings (SSSR count). The molecule has 5 nitrogen and oxygen atoms in total. The zero-order valence-electron chi connectivity index (χ0n) is 8.16. The highest BCUT2D eigenvalue weighted by atomic mass is 16.1. The van der Waals surface area contributed by atoms with Crippen LogP contribution in [0.4, 0.5) is 5.69 Å². The molecular weight excluding hydrogens is 180 g/mol. The first kappa shape index (κ1) is 10.6. The number of rotatable bonds is 5. The van der Waals surface area contributed by atoms with E-state index in [2.05, 4.69) is 27.5 Å². The van der Waals surface area contributed by atoms with E-state index in [-0.39, 0.29) is 5.91 Å². The van der Waals surface area contributed by atoms with Gasteiger partial charge in [0.15, 0.2) is 0 Å². The number of anilines is 1. The SMILES string of the molecule is CCCNCC(=O)Nc1cncnc1. The van der Waals surface area contributed by atoms with Crippen LogP contribution in [0.15, 0.2) is 18.7 Å². The predicted molar refractivity (Wildman–Crippen MR) is 53.8 cm³/mol. The molecule has 76 valence electrons. The molecule has 14 heavy (non-hydrogen) atoms. The minimum Gasteiger partial charge on any atom is -0.322 e. The van der Waals surface area contributed by atoms with E-state index < -0.39 is 0 Å². The Hall–Kier alpha value is -1.49. The van der Waals surface area contributed by atoms with E-state index in [0.29, 0.717) is 12.2 Å². The van der Waals surface area contributed by atoms with E-state index in [0.717, 1.165) is 13.0 Å². The van der Waals surface area contributed by atoms with Crippen molar-refractivity contribution in [1.82, 2.24) is 15.3 Å². The number of amides is 1. The van der Waals surface area contributed by atoms with Crippen molar-refractivity contribution in [2.24, 2.45) is 0 Å². The predicted octanol–water partition coefficient (Wildman–Crippen LogP) is 0.415. The van der Waals surface area contributed by atoms with E-state index >= 15 is 0 Å². The first-order valence-corrected chi connectivity index (χ1v) is 4.58. The number of aromatic nitrogens is 2. The van der Waals surface area contributed by atoms with Crippen molar-refractivity contribution in [1.29, 1.82) is 0 Å². The van der Waals surface area contributed by atoms with Crippen LogP contribution in [0.1, 0.15) is 13.3 Å². The molecule has 5 heteroatoms. The standard InChI is InChI=1S/C9H14N4O/c1-2-3-10-6-9(14)13-8-4-11-7-12-5-8/h4-5,7,10H,2-3,6H2,1H3,(H,13,14). The number of carbonyl (C=O) groups is 1. The van der Waals surface area contributed by atoms with Crippen LogP contribution in [0, 0.1) is 0 Å². The van der Waals surface area contributed by atoms with Gasteiger partial charge in [-0.25, -0.2) is 9.97 Å². The van der Waals surface area contributed by atoms with E-state index in [1.165, 1.54) is 6.33 Å².